The molecular formula is C22H19N3O3S2. The van der Waals surface area contributed by atoms with Gasteiger partial charge in [-0.05, 0) is 42.5 Å². The van der Waals surface area contributed by atoms with E-state index in [1.807, 2.05) is 42.5 Å². The summed E-state index contributed by atoms with van der Waals surface area (Å²) in [7, 11) is -0.707. The van der Waals surface area contributed by atoms with E-state index in [2.05, 4.69) is 10.3 Å². The lowest BCUT2D eigenvalue weighted by Crippen LogP contribution is -2.22. The van der Waals surface area contributed by atoms with Crippen LogP contribution in [0.2, 0.25) is 0 Å². The third-order valence-corrected chi connectivity index (χ3v) is 7.43. The van der Waals surface area contributed by atoms with Crippen LogP contribution >= 0.6 is 11.3 Å². The molecule has 0 aliphatic rings. The van der Waals surface area contributed by atoms with E-state index in [0.717, 1.165) is 25.1 Å². The number of hydrogen-bond donors (Lipinski definition) is 1. The fraction of sp³-hybridized carbons (Fsp3) is 0.0909. The minimum absolute atomic E-state index is 0.0726. The van der Waals surface area contributed by atoms with Gasteiger partial charge >= 0.3 is 0 Å². The topological polar surface area (TPSA) is 79.4 Å². The number of rotatable bonds is 5. The number of amides is 1. The smallest absolute Gasteiger partial charge is 0.255 e. The minimum atomic E-state index is -3.61. The lowest BCUT2D eigenvalue weighted by atomic mass is 10.2. The second-order valence-electron chi connectivity index (χ2n) is 6.84. The monoisotopic (exact) mass is 437 g/mol. The number of para-hydroxylation sites is 1. The van der Waals surface area contributed by atoms with Gasteiger partial charge in [0.1, 0.15) is 5.01 Å². The van der Waals surface area contributed by atoms with E-state index in [1.165, 1.54) is 26.2 Å². The molecule has 0 aliphatic heterocycles. The minimum Gasteiger partial charge on any atom is -0.322 e. The van der Waals surface area contributed by atoms with Crippen molar-refractivity contribution in [2.75, 3.05) is 19.4 Å². The first kappa shape index (κ1) is 20.2. The lowest BCUT2D eigenvalue weighted by molar-refractivity contribution is 0.102. The molecule has 6 nitrogen and oxygen atoms in total. The highest BCUT2D eigenvalue weighted by Gasteiger charge is 2.19. The zero-order chi connectivity index (χ0) is 21.3. The third-order valence-electron chi connectivity index (χ3n) is 4.54. The molecule has 1 amide bonds. The van der Waals surface area contributed by atoms with Crippen LogP contribution in [0.5, 0.6) is 0 Å². The maximum atomic E-state index is 12.7. The average molecular weight is 438 g/mol. The Kier molecular flexibility index (Phi) is 5.38. The molecule has 152 valence electrons. The van der Waals surface area contributed by atoms with Crippen molar-refractivity contribution in [1.29, 1.82) is 0 Å². The molecule has 1 N–H and O–H groups in total. The Morgan fingerprint density at radius 2 is 1.73 bits per heavy atom. The lowest BCUT2D eigenvalue weighted by Gasteiger charge is -2.12. The zero-order valence-electron chi connectivity index (χ0n) is 16.4. The first-order valence-corrected chi connectivity index (χ1v) is 11.4. The van der Waals surface area contributed by atoms with E-state index in [4.69, 9.17) is 0 Å². The Morgan fingerprint density at radius 1 is 0.967 bits per heavy atom. The van der Waals surface area contributed by atoms with E-state index in [0.29, 0.717) is 5.69 Å². The van der Waals surface area contributed by atoms with E-state index < -0.39 is 10.0 Å². The van der Waals surface area contributed by atoms with Gasteiger partial charge in [-0.3, -0.25) is 4.79 Å². The molecule has 0 unspecified atom stereocenters. The van der Waals surface area contributed by atoms with Gasteiger partial charge in [-0.1, -0.05) is 30.3 Å². The summed E-state index contributed by atoms with van der Waals surface area (Å²) < 4.78 is 26.9. The normalized spacial score (nSPS) is 11.7. The van der Waals surface area contributed by atoms with Crippen LogP contribution in [0.25, 0.3) is 20.8 Å². The summed E-state index contributed by atoms with van der Waals surface area (Å²) >= 11 is 1.59. The summed E-state index contributed by atoms with van der Waals surface area (Å²) in [6.45, 7) is 0. The van der Waals surface area contributed by atoms with Gasteiger partial charge in [0.25, 0.3) is 5.91 Å². The fourth-order valence-corrected chi connectivity index (χ4v) is 4.85. The number of carbonyl (C=O) groups excluding carboxylic acids is 1. The van der Waals surface area contributed by atoms with Gasteiger partial charge in [0.15, 0.2) is 0 Å². The number of fused-ring (bicyclic) bond motifs is 1. The van der Waals surface area contributed by atoms with E-state index in [-0.39, 0.29) is 16.4 Å². The third kappa shape index (κ3) is 3.97. The van der Waals surface area contributed by atoms with Gasteiger partial charge < -0.3 is 5.32 Å². The second kappa shape index (κ2) is 7.98. The number of anilines is 1. The Bertz CT molecular complexity index is 1310. The number of carbonyl (C=O) groups is 1. The number of thiazole rings is 1. The summed E-state index contributed by atoms with van der Waals surface area (Å²) in [5.74, 6) is -0.382. The van der Waals surface area contributed by atoms with Crippen LogP contribution in [-0.2, 0) is 10.0 Å². The van der Waals surface area contributed by atoms with Crippen molar-refractivity contribution in [1.82, 2.24) is 9.29 Å². The zero-order valence-corrected chi connectivity index (χ0v) is 18.0. The summed E-state index contributed by atoms with van der Waals surface area (Å²) in [5, 5.41) is 3.71. The number of nitrogens with one attached hydrogen (secondary N) is 1. The van der Waals surface area contributed by atoms with Crippen LogP contribution in [0, 0.1) is 0 Å². The molecule has 0 saturated heterocycles. The molecule has 0 aliphatic carbocycles. The molecular weight excluding hydrogens is 418 g/mol. The Balaban J connectivity index is 1.59. The van der Waals surface area contributed by atoms with E-state index >= 15 is 0 Å². The molecule has 4 rings (SSSR count). The molecule has 8 heteroatoms. The molecule has 4 aromatic rings. The first-order valence-electron chi connectivity index (χ1n) is 9.14. The first-order chi connectivity index (χ1) is 14.3. The van der Waals surface area contributed by atoms with Crippen molar-refractivity contribution >= 4 is 43.2 Å². The number of hydrogen-bond acceptors (Lipinski definition) is 5. The van der Waals surface area contributed by atoms with Crippen molar-refractivity contribution in [2.24, 2.45) is 0 Å². The van der Waals surface area contributed by atoms with Gasteiger partial charge in [-0.25, -0.2) is 17.7 Å². The predicted octanol–water partition coefficient (Wildman–Crippen LogP) is 4.47. The molecule has 30 heavy (non-hydrogen) atoms. The second-order valence-corrected chi connectivity index (χ2v) is 10.0. The molecule has 0 spiro atoms. The SMILES string of the molecule is CN(C)S(=O)(=O)c1cccc(C(=O)Nc2cccc(-c3nc4ccccc4s3)c2)c1. The summed E-state index contributed by atoms with van der Waals surface area (Å²) in [6, 6.07) is 21.4. The van der Waals surface area contributed by atoms with Gasteiger partial charge in [0.2, 0.25) is 10.0 Å². The predicted molar refractivity (Wildman–Crippen MR) is 120 cm³/mol. The molecule has 0 bridgehead atoms. The maximum absolute atomic E-state index is 12.7. The molecule has 1 aromatic heterocycles. The number of sulfonamides is 1. The molecule has 0 radical (unpaired) electrons. The fourth-order valence-electron chi connectivity index (χ4n) is 2.94. The molecule has 3 aromatic carbocycles. The van der Waals surface area contributed by atoms with Crippen LogP contribution in [-0.4, -0.2) is 37.7 Å². The van der Waals surface area contributed by atoms with Crippen LogP contribution in [0.15, 0.2) is 77.7 Å². The number of benzene rings is 3. The summed E-state index contributed by atoms with van der Waals surface area (Å²) in [6.07, 6.45) is 0. The van der Waals surface area contributed by atoms with Crippen LogP contribution < -0.4 is 5.32 Å². The van der Waals surface area contributed by atoms with Crippen LogP contribution in [0.4, 0.5) is 5.69 Å². The Labute approximate surface area is 178 Å². The van der Waals surface area contributed by atoms with Crippen molar-refractivity contribution in [3.05, 3.63) is 78.4 Å². The van der Waals surface area contributed by atoms with Gasteiger partial charge in [0.05, 0.1) is 15.1 Å². The van der Waals surface area contributed by atoms with Gasteiger partial charge in [0, 0.05) is 30.9 Å². The van der Waals surface area contributed by atoms with Gasteiger partial charge in [-0.15, -0.1) is 11.3 Å². The maximum Gasteiger partial charge on any atom is 0.255 e. The standard InChI is InChI=1S/C22H19N3O3S2/c1-25(2)30(27,28)18-10-6-7-15(14-18)21(26)23-17-9-5-8-16(13-17)22-24-19-11-3-4-12-20(19)29-22/h3-14H,1-2H3,(H,23,26). The molecule has 1 heterocycles. The number of nitrogens with zero attached hydrogens (tertiary/aromatic N) is 2. The van der Waals surface area contributed by atoms with E-state index in [9.17, 15) is 13.2 Å². The van der Waals surface area contributed by atoms with Crippen molar-refractivity contribution in [3.63, 3.8) is 0 Å². The Morgan fingerprint density at radius 3 is 2.50 bits per heavy atom. The van der Waals surface area contributed by atoms with Crippen molar-refractivity contribution in [3.8, 4) is 10.6 Å². The van der Waals surface area contributed by atoms with Gasteiger partial charge in [-0.2, -0.15) is 0 Å². The largest absolute Gasteiger partial charge is 0.322 e. The molecule has 0 saturated carbocycles. The highest BCUT2D eigenvalue weighted by molar-refractivity contribution is 7.89. The average Bonchev–Trinajstić information content (AvgIpc) is 3.18. The van der Waals surface area contributed by atoms with Crippen molar-refractivity contribution in [2.45, 2.75) is 4.90 Å². The Hall–Kier alpha value is -3.07. The highest BCUT2D eigenvalue weighted by Crippen LogP contribution is 2.31. The highest BCUT2D eigenvalue weighted by atomic mass is 32.2. The quantitative estimate of drug-likeness (QED) is 0.500. The van der Waals surface area contributed by atoms with E-state index in [1.54, 1.807) is 29.5 Å². The summed E-state index contributed by atoms with van der Waals surface area (Å²) in [5.41, 5.74) is 2.71. The molecule has 0 atom stereocenters. The number of aromatic nitrogens is 1. The summed E-state index contributed by atoms with van der Waals surface area (Å²) in [4.78, 5) is 17.4. The van der Waals surface area contributed by atoms with Crippen LogP contribution in [0.3, 0.4) is 0 Å². The van der Waals surface area contributed by atoms with Crippen molar-refractivity contribution < 1.29 is 13.2 Å². The van der Waals surface area contributed by atoms with Crippen LogP contribution in [0.1, 0.15) is 10.4 Å². The molecule has 0 fully saturated rings.